The number of nitrogens with zero attached hydrogens (tertiary/aromatic N) is 2. The second-order valence-corrected chi connectivity index (χ2v) is 8.80. The van der Waals surface area contributed by atoms with Crippen LogP contribution in [0.2, 0.25) is 0 Å². The van der Waals surface area contributed by atoms with Gasteiger partial charge in [-0.05, 0) is 62.0 Å². The van der Waals surface area contributed by atoms with Gasteiger partial charge in [-0.3, -0.25) is 4.79 Å². The highest BCUT2D eigenvalue weighted by molar-refractivity contribution is 7.89. The van der Waals surface area contributed by atoms with Crippen molar-refractivity contribution in [2.24, 2.45) is 5.92 Å². The number of sulfonamides is 1. The van der Waals surface area contributed by atoms with Gasteiger partial charge in [-0.2, -0.15) is 4.31 Å². The molecule has 1 N–H and O–H groups in total. The van der Waals surface area contributed by atoms with Crippen LogP contribution in [0.15, 0.2) is 23.1 Å². The van der Waals surface area contributed by atoms with Gasteiger partial charge in [0.1, 0.15) is 0 Å². The summed E-state index contributed by atoms with van der Waals surface area (Å²) in [5.41, 5.74) is 1.79. The molecule has 1 fully saturated rings. The maximum Gasteiger partial charge on any atom is 0.243 e. The van der Waals surface area contributed by atoms with Crippen molar-refractivity contribution in [3.05, 3.63) is 23.8 Å². The molecule has 2 aliphatic heterocycles. The zero-order valence-electron chi connectivity index (χ0n) is 15.4. The van der Waals surface area contributed by atoms with E-state index in [1.54, 1.807) is 27.4 Å². The summed E-state index contributed by atoms with van der Waals surface area (Å²) >= 11 is 0. The Hall–Kier alpha value is -1.15. The molecule has 0 bridgehead atoms. The average Bonchev–Trinajstić information content (AvgIpc) is 3.03. The van der Waals surface area contributed by atoms with E-state index in [1.165, 1.54) is 6.92 Å². The van der Waals surface area contributed by atoms with Gasteiger partial charge >= 0.3 is 0 Å². The molecular formula is C18H28ClN3O3S. The monoisotopic (exact) mass is 401 g/mol. The van der Waals surface area contributed by atoms with Crippen LogP contribution in [0.25, 0.3) is 0 Å². The Morgan fingerprint density at radius 2 is 1.92 bits per heavy atom. The van der Waals surface area contributed by atoms with E-state index < -0.39 is 10.0 Å². The first-order valence-electron chi connectivity index (χ1n) is 9.05. The van der Waals surface area contributed by atoms with Crippen LogP contribution >= 0.6 is 12.4 Å². The van der Waals surface area contributed by atoms with E-state index in [0.29, 0.717) is 36.9 Å². The fraction of sp³-hybridized carbons (Fsp3) is 0.611. The first kappa shape index (κ1) is 21.2. The highest BCUT2D eigenvalue weighted by atomic mass is 35.5. The van der Waals surface area contributed by atoms with Crippen LogP contribution in [-0.2, 0) is 21.2 Å². The van der Waals surface area contributed by atoms with Gasteiger partial charge in [0.2, 0.25) is 15.9 Å². The average molecular weight is 402 g/mol. The third kappa shape index (κ3) is 4.22. The molecule has 0 radical (unpaired) electrons. The summed E-state index contributed by atoms with van der Waals surface area (Å²) < 4.78 is 27.5. The minimum Gasteiger partial charge on any atom is -0.317 e. The topological polar surface area (TPSA) is 69.7 Å². The number of hydrogen-bond donors (Lipinski definition) is 1. The molecule has 6 nitrogen and oxygen atoms in total. The molecule has 3 rings (SSSR count). The molecule has 0 saturated carbocycles. The molecule has 0 atom stereocenters. The molecule has 2 heterocycles. The predicted octanol–water partition coefficient (Wildman–Crippen LogP) is 2.03. The van der Waals surface area contributed by atoms with Crippen molar-refractivity contribution in [3.63, 3.8) is 0 Å². The number of carbonyl (C=O) groups excluding carboxylic acids is 1. The lowest BCUT2D eigenvalue weighted by Crippen LogP contribution is -2.40. The molecule has 0 aromatic heterocycles. The van der Waals surface area contributed by atoms with Crippen molar-refractivity contribution in [3.8, 4) is 0 Å². The SMILES string of the molecule is CCNCC1CCN(S(=O)(=O)c2ccc3c(c2)CCN3C(C)=O)CC1.Cl. The minimum atomic E-state index is -3.46. The number of carbonyl (C=O) groups is 1. The van der Waals surface area contributed by atoms with Gasteiger partial charge in [-0.15, -0.1) is 12.4 Å². The largest absolute Gasteiger partial charge is 0.317 e. The highest BCUT2D eigenvalue weighted by Crippen LogP contribution is 2.32. The van der Waals surface area contributed by atoms with Crippen molar-refractivity contribution < 1.29 is 13.2 Å². The van der Waals surface area contributed by atoms with Crippen molar-refractivity contribution in [2.45, 2.75) is 38.0 Å². The number of rotatable bonds is 5. The van der Waals surface area contributed by atoms with E-state index in [4.69, 9.17) is 0 Å². The van der Waals surface area contributed by atoms with E-state index in [2.05, 4.69) is 12.2 Å². The molecule has 0 unspecified atom stereocenters. The van der Waals surface area contributed by atoms with Crippen LogP contribution in [0.4, 0.5) is 5.69 Å². The molecule has 0 spiro atoms. The van der Waals surface area contributed by atoms with Gasteiger partial charge in [-0.25, -0.2) is 8.42 Å². The second-order valence-electron chi connectivity index (χ2n) is 6.87. The number of halogens is 1. The van der Waals surface area contributed by atoms with Crippen LogP contribution in [0.3, 0.4) is 0 Å². The van der Waals surface area contributed by atoms with Crippen molar-refractivity contribution in [1.29, 1.82) is 0 Å². The molecule has 1 amide bonds. The van der Waals surface area contributed by atoms with Gasteiger partial charge in [0.05, 0.1) is 4.90 Å². The number of amides is 1. The summed E-state index contributed by atoms with van der Waals surface area (Å²) in [6.45, 7) is 7.32. The Morgan fingerprint density at radius 3 is 2.54 bits per heavy atom. The Kier molecular flexibility index (Phi) is 7.07. The minimum absolute atomic E-state index is 0. The van der Waals surface area contributed by atoms with E-state index in [9.17, 15) is 13.2 Å². The van der Waals surface area contributed by atoms with Crippen LogP contribution in [0, 0.1) is 5.92 Å². The summed E-state index contributed by atoms with van der Waals surface area (Å²) in [6, 6.07) is 5.16. The van der Waals surface area contributed by atoms with Crippen molar-refractivity contribution >= 4 is 34.0 Å². The fourth-order valence-corrected chi connectivity index (χ4v) is 5.24. The number of benzene rings is 1. The summed E-state index contributed by atoms with van der Waals surface area (Å²) in [5.74, 6) is 0.549. The molecular weight excluding hydrogens is 374 g/mol. The molecule has 0 aliphatic carbocycles. The lowest BCUT2D eigenvalue weighted by Gasteiger charge is -2.31. The quantitative estimate of drug-likeness (QED) is 0.819. The third-order valence-corrected chi connectivity index (χ3v) is 7.12. The number of hydrogen-bond acceptors (Lipinski definition) is 4. The van der Waals surface area contributed by atoms with E-state index in [1.807, 2.05) is 0 Å². The summed E-state index contributed by atoms with van der Waals surface area (Å²) in [7, 11) is -3.46. The maximum atomic E-state index is 13.0. The van der Waals surface area contributed by atoms with Crippen LogP contribution in [0.1, 0.15) is 32.3 Å². The van der Waals surface area contributed by atoms with Crippen molar-refractivity contribution in [1.82, 2.24) is 9.62 Å². The van der Waals surface area contributed by atoms with E-state index >= 15 is 0 Å². The number of anilines is 1. The van der Waals surface area contributed by atoms with Crippen LogP contribution < -0.4 is 10.2 Å². The van der Waals surface area contributed by atoms with Crippen LogP contribution in [0.5, 0.6) is 0 Å². The van der Waals surface area contributed by atoms with Gasteiger partial charge < -0.3 is 10.2 Å². The smallest absolute Gasteiger partial charge is 0.243 e. The van der Waals surface area contributed by atoms with Gasteiger partial charge in [-0.1, -0.05) is 6.92 Å². The number of fused-ring (bicyclic) bond motifs is 1. The lowest BCUT2D eigenvalue weighted by atomic mass is 9.98. The zero-order chi connectivity index (χ0) is 18.0. The molecule has 2 aliphatic rings. The molecule has 1 aromatic carbocycles. The van der Waals surface area contributed by atoms with E-state index in [0.717, 1.165) is 37.2 Å². The number of nitrogens with one attached hydrogen (secondary N) is 1. The van der Waals surface area contributed by atoms with Crippen LogP contribution in [-0.4, -0.2) is 51.4 Å². The van der Waals surface area contributed by atoms with Crippen molar-refractivity contribution in [2.75, 3.05) is 37.6 Å². The molecule has 1 aromatic rings. The van der Waals surface area contributed by atoms with E-state index in [-0.39, 0.29) is 18.3 Å². The fourth-order valence-electron chi connectivity index (χ4n) is 3.72. The molecule has 1 saturated heterocycles. The Bertz CT molecular complexity index is 746. The van der Waals surface area contributed by atoms with Gasteiger partial charge in [0.25, 0.3) is 0 Å². The Balaban J connectivity index is 0.00000243. The highest BCUT2D eigenvalue weighted by Gasteiger charge is 2.31. The summed E-state index contributed by atoms with van der Waals surface area (Å²) in [5, 5.41) is 3.34. The molecule has 26 heavy (non-hydrogen) atoms. The molecule has 146 valence electrons. The third-order valence-electron chi connectivity index (χ3n) is 5.22. The first-order chi connectivity index (χ1) is 11.9. The lowest BCUT2D eigenvalue weighted by molar-refractivity contribution is -0.116. The summed E-state index contributed by atoms with van der Waals surface area (Å²) in [4.78, 5) is 13.7. The Morgan fingerprint density at radius 1 is 1.23 bits per heavy atom. The van der Waals surface area contributed by atoms with Gasteiger partial charge in [0, 0.05) is 32.2 Å². The zero-order valence-corrected chi connectivity index (χ0v) is 17.0. The summed E-state index contributed by atoms with van der Waals surface area (Å²) in [6.07, 6.45) is 2.51. The standard InChI is InChI=1S/C18H27N3O3S.ClH/c1-3-19-13-15-6-9-20(10-7-15)25(23,24)17-4-5-18-16(12-17)8-11-21(18)14(2)22;/h4-5,12,15,19H,3,6-11,13H2,1-2H3;1H. The predicted molar refractivity (Wildman–Crippen MR) is 105 cm³/mol. The second kappa shape index (κ2) is 8.69. The maximum absolute atomic E-state index is 13.0. The normalized spacial score (nSPS) is 18.5. The first-order valence-corrected chi connectivity index (χ1v) is 10.5. The van der Waals surface area contributed by atoms with Gasteiger partial charge in [0.15, 0.2) is 0 Å². The molecule has 8 heteroatoms. The number of piperidine rings is 1. The Labute approximate surface area is 162 Å².